The monoisotopic (exact) mass is 424 g/mol. The van der Waals surface area contributed by atoms with Gasteiger partial charge in [-0.05, 0) is 50.5 Å². The number of rotatable bonds is 6. The lowest BCUT2D eigenvalue weighted by molar-refractivity contribution is -0.116. The summed E-state index contributed by atoms with van der Waals surface area (Å²) in [6, 6.07) is 5.82. The highest BCUT2D eigenvalue weighted by Gasteiger charge is 2.21. The van der Waals surface area contributed by atoms with Crippen LogP contribution in [-0.4, -0.2) is 56.2 Å². The van der Waals surface area contributed by atoms with Crippen LogP contribution in [-0.2, 0) is 9.53 Å². The van der Waals surface area contributed by atoms with Crippen LogP contribution >= 0.6 is 15.9 Å². The van der Waals surface area contributed by atoms with E-state index in [2.05, 4.69) is 36.5 Å². The molecular weight excluding hydrogens is 396 g/mol. The summed E-state index contributed by atoms with van der Waals surface area (Å²) in [5.41, 5.74) is 1.88. The van der Waals surface area contributed by atoms with Crippen LogP contribution in [0.2, 0.25) is 0 Å². The first kappa shape index (κ1) is 20.7. The number of piperidine rings is 1. The normalized spacial score (nSPS) is 15.8. The number of ether oxygens (including phenoxy) is 1. The van der Waals surface area contributed by atoms with Crippen LogP contribution in [0.4, 0.5) is 5.69 Å². The van der Waals surface area contributed by atoms with Crippen LogP contribution in [0.3, 0.4) is 0 Å². The first-order chi connectivity index (χ1) is 12.5. The lowest BCUT2D eigenvalue weighted by Gasteiger charge is -2.34. The molecule has 1 amide bonds. The molecule has 2 N–H and O–H groups in total. The molecule has 0 aliphatic carbocycles. The number of nitrogens with one attached hydrogen (secondary N) is 2. The Morgan fingerprint density at radius 1 is 1.38 bits per heavy atom. The van der Waals surface area contributed by atoms with Crippen molar-refractivity contribution in [1.82, 2.24) is 10.2 Å². The molecule has 2 rings (SSSR count). The average molecular weight is 425 g/mol. The number of likely N-dealkylation sites (tertiary alicyclic amines) is 1. The number of hydrogen-bond acceptors (Lipinski definition) is 3. The van der Waals surface area contributed by atoms with Gasteiger partial charge in [-0.3, -0.25) is 9.79 Å². The zero-order valence-corrected chi connectivity index (χ0v) is 17.4. The van der Waals surface area contributed by atoms with Gasteiger partial charge in [-0.2, -0.15) is 0 Å². The molecule has 7 heteroatoms. The molecule has 0 atom stereocenters. The molecule has 1 saturated heterocycles. The molecule has 0 bridgehead atoms. The van der Waals surface area contributed by atoms with Gasteiger partial charge in [0.25, 0.3) is 0 Å². The minimum Gasteiger partial charge on any atom is -0.378 e. The number of aliphatic imine (C=N–C) groups is 1. The van der Waals surface area contributed by atoms with Crippen molar-refractivity contribution < 1.29 is 9.53 Å². The molecule has 1 aliphatic rings. The third-order valence-corrected chi connectivity index (χ3v) is 4.95. The molecular formula is C19H29BrN4O2. The van der Waals surface area contributed by atoms with Gasteiger partial charge in [-0.1, -0.05) is 15.9 Å². The number of carbonyl (C=O) groups is 1. The molecule has 1 aromatic carbocycles. The maximum absolute atomic E-state index is 12.2. The number of carbonyl (C=O) groups excluding carboxylic acids is 1. The van der Waals surface area contributed by atoms with E-state index in [9.17, 15) is 4.79 Å². The highest BCUT2D eigenvalue weighted by atomic mass is 79.9. The molecule has 6 nitrogen and oxygen atoms in total. The van der Waals surface area contributed by atoms with Crippen LogP contribution in [0.5, 0.6) is 0 Å². The number of guanidine groups is 1. The number of anilines is 1. The van der Waals surface area contributed by atoms with E-state index < -0.39 is 0 Å². The fourth-order valence-corrected chi connectivity index (χ4v) is 3.55. The Morgan fingerprint density at radius 3 is 2.73 bits per heavy atom. The predicted molar refractivity (Wildman–Crippen MR) is 110 cm³/mol. The van der Waals surface area contributed by atoms with Crippen molar-refractivity contribution in [3.05, 3.63) is 28.2 Å². The molecule has 0 aromatic heterocycles. The lowest BCUT2D eigenvalue weighted by Crippen LogP contribution is -2.47. The van der Waals surface area contributed by atoms with Gasteiger partial charge in [0.15, 0.2) is 5.96 Å². The van der Waals surface area contributed by atoms with Crippen molar-refractivity contribution in [2.75, 3.05) is 38.6 Å². The molecule has 26 heavy (non-hydrogen) atoms. The first-order valence-electron chi connectivity index (χ1n) is 9.16. The van der Waals surface area contributed by atoms with Crippen LogP contribution in [0, 0.1) is 6.92 Å². The SMILES string of the molecule is CCOC1CCN(C(=NC)NCCC(=O)Nc2ccc(Br)cc2C)CC1. The second-order valence-electron chi connectivity index (χ2n) is 6.37. The maximum atomic E-state index is 12.2. The van der Waals surface area contributed by atoms with Crippen molar-refractivity contribution in [1.29, 1.82) is 0 Å². The Bertz CT molecular complexity index is 628. The number of aryl methyl sites for hydroxylation is 1. The Morgan fingerprint density at radius 2 is 2.12 bits per heavy atom. The summed E-state index contributed by atoms with van der Waals surface area (Å²) < 4.78 is 6.69. The topological polar surface area (TPSA) is 66.0 Å². The van der Waals surface area contributed by atoms with Gasteiger partial charge in [0, 0.05) is 49.9 Å². The quantitative estimate of drug-likeness (QED) is 0.543. The highest BCUT2D eigenvalue weighted by molar-refractivity contribution is 9.10. The van der Waals surface area contributed by atoms with Crippen molar-refractivity contribution in [2.24, 2.45) is 4.99 Å². The van der Waals surface area contributed by atoms with Crippen LogP contribution in [0.1, 0.15) is 31.7 Å². The van der Waals surface area contributed by atoms with E-state index in [1.54, 1.807) is 7.05 Å². The summed E-state index contributed by atoms with van der Waals surface area (Å²) in [6.07, 6.45) is 2.77. The minimum atomic E-state index is -0.00608. The Kier molecular flexibility index (Phi) is 8.38. The molecule has 1 aromatic rings. The molecule has 1 heterocycles. The summed E-state index contributed by atoms with van der Waals surface area (Å²) in [5.74, 6) is 0.848. The summed E-state index contributed by atoms with van der Waals surface area (Å²) >= 11 is 3.43. The van der Waals surface area contributed by atoms with Gasteiger partial charge < -0.3 is 20.3 Å². The van der Waals surface area contributed by atoms with Crippen molar-refractivity contribution in [3.8, 4) is 0 Å². The second-order valence-corrected chi connectivity index (χ2v) is 7.29. The zero-order chi connectivity index (χ0) is 18.9. The number of hydrogen-bond donors (Lipinski definition) is 2. The van der Waals surface area contributed by atoms with E-state index >= 15 is 0 Å². The maximum Gasteiger partial charge on any atom is 0.226 e. The van der Waals surface area contributed by atoms with Crippen LogP contribution in [0.15, 0.2) is 27.7 Å². The van der Waals surface area contributed by atoms with Crippen molar-refractivity contribution in [3.63, 3.8) is 0 Å². The van der Waals surface area contributed by atoms with E-state index in [0.717, 1.165) is 54.2 Å². The van der Waals surface area contributed by atoms with Gasteiger partial charge in [-0.25, -0.2) is 0 Å². The van der Waals surface area contributed by atoms with Crippen LogP contribution < -0.4 is 10.6 Å². The third kappa shape index (κ3) is 6.29. The molecule has 144 valence electrons. The predicted octanol–water partition coefficient (Wildman–Crippen LogP) is 3.16. The molecule has 0 unspecified atom stereocenters. The summed E-state index contributed by atoms with van der Waals surface area (Å²) in [5, 5.41) is 6.25. The van der Waals surface area contributed by atoms with E-state index in [4.69, 9.17) is 4.74 Å². The molecule has 0 spiro atoms. The Hall–Kier alpha value is -1.60. The van der Waals surface area contributed by atoms with Gasteiger partial charge in [0.05, 0.1) is 6.10 Å². The number of halogens is 1. The number of benzene rings is 1. The number of amides is 1. The van der Waals surface area contributed by atoms with E-state index in [-0.39, 0.29) is 5.91 Å². The molecule has 1 aliphatic heterocycles. The zero-order valence-electron chi connectivity index (χ0n) is 15.8. The lowest BCUT2D eigenvalue weighted by atomic mass is 10.1. The summed E-state index contributed by atoms with van der Waals surface area (Å²) in [4.78, 5) is 18.7. The molecule has 0 radical (unpaired) electrons. The largest absolute Gasteiger partial charge is 0.378 e. The molecule has 1 fully saturated rings. The summed E-state index contributed by atoms with van der Waals surface area (Å²) in [7, 11) is 1.78. The summed E-state index contributed by atoms with van der Waals surface area (Å²) in [6.45, 7) is 7.19. The van der Waals surface area contributed by atoms with Gasteiger partial charge in [0.1, 0.15) is 0 Å². The van der Waals surface area contributed by atoms with E-state index in [0.29, 0.717) is 19.1 Å². The van der Waals surface area contributed by atoms with Gasteiger partial charge in [0.2, 0.25) is 5.91 Å². The second kappa shape index (κ2) is 10.5. The fourth-order valence-electron chi connectivity index (χ4n) is 3.07. The average Bonchev–Trinajstić information content (AvgIpc) is 2.62. The smallest absolute Gasteiger partial charge is 0.226 e. The standard InChI is InChI=1S/C19H29BrN4O2/c1-4-26-16-8-11-24(12-9-16)19(21-3)22-10-7-18(25)23-17-6-5-15(20)13-14(17)2/h5-6,13,16H,4,7-12H2,1-3H3,(H,21,22)(H,23,25). The van der Waals surface area contributed by atoms with E-state index in [1.807, 2.05) is 32.0 Å². The van der Waals surface area contributed by atoms with E-state index in [1.165, 1.54) is 0 Å². The Balaban J connectivity index is 1.74. The third-order valence-electron chi connectivity index (χ3n) is 4.45. The van der Waals surface area contributed by atoms with Crippen molar-refractivity contribution >= 4 is 33.5 Å². The first-order valence-corrected chi connectivity index (χ1v) is 9.96. The van der Waals surface area contributed by atoms with Crippen LogP contribution in [0.25, 0.3) is 0 Å². The van der Waals surface area contributed by atoms with Gasteiger partial charge >= 0.3 is 0 Å². The number of nitrogens with zero attached hydrogens (tertiary/aromatic N) is 2. The molecule has 0 saturated carbocycles. The van der Waals surface area contributed by atoms with Gasteiger partial charge in [-0.15, -0.1) is 0 Å². The highest BCUT2D eigenvalue weighted by Crippen LogP contribution is 2.20. The Labute approximate surface area is 164 Å². The fraction of sp³-hybridized carbons (Fsp3) is 0.579. The van der Waals surface area contributed by atoms with Crippen molar-refractivity contribution in [2.45, 2.75) is 39.2 Å². The minimum absolute atomic E-state index is 0.00608.